The van der Waals surface area contributed by atoms with Crippen molar-refractivity contribution in [1.29, 1.82) is 0 Å². The second-order valence-corrected chi connectivity index (χ2v) is 20.5. The van der Waals surface area contributed by atoms with Crippen LogP contribution in [-0.2, 0) is 35.6 Å². The maximum absolute atomic E-state index is 13.5. The number of aryl methyl sites for hydroxylation is 2. The number of likely N-dealkylation sites (tertiary alicyclic amines) is 1. The number of rotatable bonds is 10. The average molecular weight is 967 g/mol. The van der Waals surface area contributed by atoms with E-state index in [-0.39, 0.29) is 58.6 Å². The number of esters is 1. The van der Waals surface area contributed by atoms with Gasteiger partial charge in [-0.05, 0) is 116 Å². The summed E-state index contributed by atoms with van der Waals surface area (Å²) >= 11 is 1.94. The average Bonchev–Trinajstić information content (AvgIpc) is 4.06. The van der Waals surface area contributed by atoms with Crippen molar-refractivity contribution in [2.45, 2.75) is 96.3 Å². The van der Waals surface area contributed by atoms with Gasteiger partial charge in [0.2, 0.25) is 0 Å². The molecule has 3 aromatic carbocycles. The maximum Gasteiger partial charge on any atom is 0.415 e. The molecule has 17 nitrogen and oxygen atoms in total. The fourth-order valence-corrected chi connectivity index (χ4v) is 12.0. The van der Waals surface area contributed by atoms with Gasteiger partial charge in [-0.1, -0.05) is 37.8 Å². The number of phenols is 2. The number of aliphatic hydroxyl groups excluding tert-OH is 1. The number of aromatic nitrogens is 6. The summed E-state index contributed by atoms with van der Waals surface area (Å²) in [6, 6.07) is 17.8. The predicted molar refractivity (Wildman–Crippen MR) is 263 cm³/mol. The summed E-state index contributed by atoms with van der Waals surface area (Å²) in [4.78, 5) is 45.8. The highest BCUT2D eigenvalue weighted by Crippen LogP contribution is 2.41. The smallest absolute Gasteiger partial charge is 0.415 e. The highest BCUT2D eigenvalue weighted by Gasteiger charge is 2.35. The van der Waals surface area contributed by atoms with Crippen LogP contribution in [0.5, 0.6) is 23.3 Å². The lowest BCUT2D eigenvalue weighted by Crippen LogP contribution is -2.42. The summed E-state index contributed by atoms with van der Waals surface area (Å²) in [6.45, 7) is 10.2. The van der Waals surface area contributed by atoms with Crippen molar-refractivity contribution >= 4 is 45.8 Å². The predicted octanol–water partition coefficient (Wildman–Crippen LogP) is 7.93. The number of amides is 1. The van der Waals surface area contributed by atoms with Crippen molar-refractivity contribution in [1.82, 2.24) is 38.1 Å². The van der Waals surface area contributed by atoms with Crippen LogP contribution in [0.15, 0.2) is 71.7 Å². The van der Waals surface area contributed by atoms with Gasteiger partial charge in [-0.3, -0.25) is 9.10 Å². The van der Waals surface area contributed by atoms with E-state index in [4.69, 9.17) is 14.5 Å². The molecule has 2 saturated heterocycles. The van der Waals surface area contributed by atoms with E-state index in [1.54, 1.807) is 27.7 Å². The summed E-state index contributed by atoms with van der Waals surface area (Å²) in [6.07, 6.45) is 5.95. The molecular weight excluding hydrogens is 913 g/mol. The monoisotopic (exact) mass is 966 g/mol. The largest absolute Gasteiger partial charge is 0.508 e. The second-order valence-electron chi connectivity index (χ2n) is 19.1. The molecule has 1 atom stereocenters. The lowest BCUT2D eigenvalue weighted by Gasteiger charge is -2.36. The Bertz CT molecular complexity index is 3290. The van der Waals surface area contributed by atoms with Crippen molar-refractivity contribution in [3.63, 3.8) is 0 Å². The number of aliphatic hydroxyl groups is 1. The first kappa shape index (κ1) is 45.5. The Hall–Kier alpha value is -6.89. The zero-order chi connectivity index (χ0) is 48.5. The number of benzene rings is 3. The Kier molecular flexibility index (Phi) is 11.8. The van der Waals surface area contributed by atoms with Gasteiger partial charge < -0.3 is 43.9 Å². The second kappa shape index (κ2) is 18.1. The minimum absolute atomic E-state index is 0.0000510. The Morgan fingerprint density at radius 3 is 2.49 bits per heavy atom. The number of aromatic hydroxyl groups is 3. The maximum atomic E-state index is 13.5. The first-order chi connectivity index (χ1) is 33.8. The van der Waals surface area contributed by atoms with Gasteiger partial charge in [0.05, 0.1) is 40.3 Å². The molecule has 1 amide bonds. The molecule has 18 heteroatoms. The van der Waals surface area contributed by atoms with E-state index in [2.05, 4.69) is 31.3 Å². The van der Waals surface area contributed by atoms with Crippen LogP contribution in [0.3, 0.4) is 0 Å². The van der Waals surface area contributed by atoms with Gasteiger partial charge >= 0.3 is 18.1 Å². The first-order valence-corrected chi connectivity index (χ1v) is 24.9. The number of phenolic OH excluding ortho intramolecular Hbond substituents is 2. The van der Waals surface area contributed by atoms with Crippen LogP contribution >= 0.6 is 11.9 Å². The number of fused-ring (bicyclic) bond motifs is 6. The third kappa shape index (κ3) is 8.10. The van der Waals surface area contributed by atoms with Gasteiger partial charge in [-0.2, -0.15) is 0 Å². The molecule has 0 bridgehead atoms. The van der Waals surface area contributed by atoms with Gasteiger partial charge in [0.15, 0.2) is 11.9 Å². The summed E-state index contributed by atoms with van der Waals surface area (Å²) in [5.74, 6) is 0.391. The molecule has 0 saturated carbocycles. The van der Waals surface area contributed by atoms with Crippen LogP contribution in [0.2, 0.25) is 0 Å². The third-order valence-electron chi connectivity index (χ3n) is 14.6. The van der Waals surface area contributed by atoms with Crippen molar-refractivity contribution in [3.8, 4) is 51.7 Å². The third-order valence-corrected chi connectivity index (χ3v) is 16.1. The van der Waals surface area contributed by atoms with E-state index in [1.165, 1.54) is 10.6 Å². The van der Waals surface area contributed by atoms with Crippen LogP contribution in [0.4, 0.5) is 4.79 Å². The molecule has 0 aliphatic carbocycles. The van der Waals surface area contributed by atoms with E-state index in [1.807, 2.05) is 63.1 Å². The number of carbonyl (C=O) groups is 2. The Balaban J connectivity index is 0.665. The molecule has 4 N–H and O–H groups in total. The number of hydrogen-bond acceptors (Lipinski definition) is 14. The molecule has 8 heterocycles. The van der Waals surface area contributed by atoms with Crippen molar-refractivity contribution in [2.24, 2.45) is 5.92 Å². The van der Waals surface area contributed by atoms with Gasteiger partial charge in [-0.15, -0.1) is 5.10 Å². The number of carbonyl (C=O) groups excluding carboxylic acids is 2. The minimum Gasteiger partial charge on any atom is -0.508 e. The Morgan fingerprint density at radius 1 is 0.914 bits per heavy atom. The Morgan fingerprint density at radius 2 is 1.71 bits per heavy atom. The van der Waals surface area contributed by atoms with E-state index in [0.29, 0.717) is 76.7 Å². The van der Waals surface area contributed by atoms with Crippen molar-refractivity contribution < 1.29 is 39.5 Å². The van der Waals surface area contributed by atoms with Crippen LogP contribution in [-0.4, -0.2) is 102 Å². The van der Waals surface area contributed by atoms with E-state index in [9.17, 15) is 34.8 Å². The highest BCUT2D eigenvalue weighted by atomic mass is 32.2. The van der Waals surface area contributed by atoms with Crippen LogP contribution in [0, 0.1) is 5.92 Å². The van der Waals surface area contributed by atoms with E-state index in [0.717, 1.165) is 79.2 Å². The SMILES string of the molecule is CCc1c2c(nc3ccc(OC(=O)N4CCC(SN5CCC(CCn6ccc7cc(-n8c(O)nnc8-c8cc(C(C)C)c(O)cc8O)ccc76)CC5)CC4)cc13)-c1cc3c(c(=O)n1C2)COC(=O)[C@H]3O. The standard InChI is InChI=1S/C52H54N8O9S/c1-4-34-36-22-32(6-7-41(36)53-46-39(34)26-59-43(46)24-37-40(49(59)64)27-68-50(65)47(37)63)69-52(67)57-17-13-33(14-18-57)70-58-19-10-29(11-20-58)9-15-56-16-12-30-21-31(5-8-42(30)56)60-48(54-55-51(60)66)38-23-35(28(2)3)44(61)25-45(38)62/h5-8,12,16,21-25,28-29,33,47,61-63H,4,9-11,13-15,17-20,26-27H2,1-3H3,(H,55,66)/t47-/m0/s1. The number of hydrogen-bond donors (Lipinski definition) is 4. The number of pyridine rings is 2. The molecule has 2 fully saturated rings. The first-order valence-electron chi connectivity index (χ1n) is 24.1. The molecule has 362 valence electrons. The van der Waals surface area contributed by atoms with Gasteiger partial charge in [-0.25, -0.2) is 19.1 Å². The molecule has 11 rings (SSSR count). The molecule has 0 spiro atoms. The normalized spacial score (nSPS) is 17.6. The summed E-state index contributed by atoms with van der Waals surface area (Å²) < 4.78 is 18.9. The minimum atomic E-state index is -1.52. The zero-order valence-corrected chi connectivity index (χ0v) is 40.0. The molecule has 0 unspecified atom stereocenters. The topological polar surface area (TPSA) is 211 Å². The lowest BCUT2D eigenvalue weighted by molar-refractivity contribution is -0.157. The number of nitrogens with zero attached hydrogens (tertiary/aromatic N) is 8. The molecule has 70 heavy (non-hydrogen) atoms. The lowest BCUT2D eigenvalue weighted by atomic mass is 9.95. The van der Waals surface area contributed by atoms with Gasteiger partial charge in [0.25, 0.3) is 5.56 Å². The van der Waals surface area contributed by atoms with E-state index >= 15 is 0 Å². The van der Waals surface area contributed by atoms with E-state index < -0.39 is 12.1 Å². The molecule has 0 radical (unpaired) electrons. The molecule has 7 aromatic rings. The fraction of sp³-hybridized carbons (Fsp3) is 0.385. The fourth-order valence-electron chi connectivity index (χ4n) is 10.7. The number of cyclic esters (lactones) is 1. The summed E-state index contributed by atoms with van der Waals surface area (Å²) in [7, 11) is 0. The van der Waals surface area contributed by atoms with Crippen LogP contribution in [0.1, 0.15) is 92.7 Å². The van der Waals surface area contributed by atoms with Crippen LogP contribution in [0.25, 0.3) is 50.3 Å². The molecular formula is C52H54N8O9S. The Labute approximate surface area is 407 Å². The van der Waals surface area contributed by atoms with Gasteiger partial charge in [0, 0.05) is 77.7 Å². The summed E-state index contributed by atoms with van der Waals surface area (Å²) in [5, 5.41) is 52.8. The van der Waals surface area contributed by atoms with Gasteiger partial charge in [0.1, 0.15) is 23.9 Å². The number of piperidine rings is 2. The summed E-state index contributed by atoms with van der Waals surface area (Å²) in [5.41, 5.74) is 6.78. The zero-order valence-electron chi connectivity index (χ0n) is 39.2. The quantitative estimate of drug-likeness (QED) is 0.0758. The van der Waals surface area contributed by atoms with Crippen LogP contribution < -0.4 is 10.3 Å². The highest BCUT2D eigenvalue weighted by molar-refractivity contribution is 7.97. The number of ether oxygens (including phenoxy) is 2. The van der Waals surface area contributed by atoms with Crippen molar-refractivity contribution in [3.05, 3.63) is 105 Å². The molecule has 4 aliphatic heterocycles. The molecule has 4 aromatic heterocycles. The van der Waals surface area contributed by atoms with Crippen molar-refractivity contribution in [2.75, 3.05) is 26.2 Å². The molecule has 4 aliphatic rings.